The van der Waals surface area contributed by atoms with E-state index in [9.17, 15) is 13.0 Å². The lowest BCUT2D eigenvalue weighted by Crippen LogP contribution is -2.40. The summed E-state index contributed by atoms with van der Waals surface area (Å²) in [6.07, 6.45) is 0. The van der Waals surface area contributed by atoms with Crippen LogP contribution in [0.15, 0.2) is 60.7 Å². The number of anilines is 2. The quantitative estimate of drug-likeness (QED) is 0.689. The highest BCUT2D eigenvalue weighted by Gasteiger charge is 2.23. The van der Waals surface area contributed by atoms with Crippen molar-refractivity contribution in [3.8, 4) is 0 Å². The summed E-state index contributed by atoms with van der Waals surface area (Å²) in [7, 11) is -3.05. The van der Waals surface area contributed by atoms with Gasteiger partial charge in [0, 0.05) is 7.05 Å². The Hall–Kier alpha value is -1.89. The molecule has 5 nitrogen and oxygen atoms in total. The van der Waals surface area contributed by atoms with E-state index in [1.165, 1.54) is 12.1 Å². The molecule has 0 radical (unpaired) electrons. The first-order chi connectivity index (χ1) is 9.00. The summed E-state index contributed by atoms with van der Waals surface area (Å²) in [5.41, 5.74) is 1.27. The molecule has 1 N–H and O–H groups in total. The van der Waals surface area contributed by atoms with Gasteiger partial charge >= 0.3 is 10.3 Å². The normalized spacial score (nSPS) is 11.5. The van der Waals surface area contributed by atoms with Gasteiger partial charge in [-0.05, 0) is 24.3 Å². The monoisotopic (exact) mass is 278 g/mol. The second-order valence-electron chi connectivity index (χ2n) is 3.89. The summed E-state index contributed by atoms with van der Waals surface area (Å²) in [5, 5.41) is 1.41. The van der Waals surface area contributed by atoms with Crippen LogP contribution >= 0.6 is 0 Å². The van der Waals surface area contributed by atoms with Gasteiger partial charge in [-0.2, -0.15) is 8.42 Å². The molecule has 2 aromatic rings. The molecule has 0 atom stereocenters. The van der Waals surface area contributed by atoms with Crippen molar-refractivity contribution in [3.63, 3.8) is 0 Å². The zero-order valence-corrected chi connectivity index (χ0v) is 11.2. The molecule has 0 heterocycles. The number of hydrazine groups is 1. The molecule has 6 heteroatoms. The predicted octanol–water partition coefficient (Wildman–Crippen LogP) is 2.47. The Kier molecular flexibility index (Phi) is 3.84. The minimum atomic E-state index is -4.34. The van der Waals surface area contributed by atoms with Crippen molar-refractivity contribution in [2.45, 2.75) is 0 Å². The lowest BCUT2D eigenvalue weighted by atomic mass is 10.2. The van der Waals surface area contributed by atoms with Crippen molar-refractivity contribution in [1.29, 1.82) is 0 Å². The second-order valence-corrected chi connectivity index (χ2v) is 5.32. The summed E-state index contributed by atoms with van der Waals surface area (Å²) >= 11 is 0. The van der Waals surface area contributed by atoms with Gasteiger partial charge in [0.05, 0.1) is 11.4 Å². The molecule has 2 rings (SSSR count). The van der Waals surface area contributed by atoms with Crippen LogP contribution in [0.1, 0.15) is 0 Å². The van der Waals surface area contributed by atoms with Gasteiger partial charge in [0.25, 0.3) is 0 Å². The zero-order valence-electron chi connectivity index (χ0n) is 10.3. The highest BCUT2D eigenvalue weighted by Crippen LogP contribution is 2.27. The van der Waals surface area contributed by atoms with Crippen LogP contribution in [0.2, 0.25) is 0 Å². The molecule has 0 saturated carbocycles. The van der Waals surface area contributed by atoms with E-state index in [2.05, 4.69) is 0 Å². The Morgan fingerprint density at radius 1 is 0.842 bits per heavy atom. The first-order valence-electron chi connectivity index (χ1n) is 5.61. The van der Waals surface area contributed by atoms with Crippen molar-refractivity contribution < 1.29 is 13.0 Å². The third-order valence-electron chi connectivity index (χ3n) is 2.62. The molecule has 0 amide bonds. The molecular weight excluding hydrogens is 264 g/mol. The number of nitrogens with zero attached hydrogens (tertiary/aromatic N) is 2. The van der Waals surface area contributed by atoms with E-state index in [-0.39, 0.29) is 0 Å². The molecule has 0 aliphatic rings. The largest absolute Gasteiger partial charge is 0.353 e. The summed E-state index contributed by atoms with van der Waals surface area (Å²) in [6, 6.07) is 17.9. The van der Waals surface area contributed by atoms with Crippen LogP contribution < -0.4 is 5.01 Å². The smallest absolute Gasteiger partial charge is 0.272 e. The Balaban J connectivity index is 2.52. The topological polar surface area (TPSA) is 60.9 Å². The fourth-order valence-corrected chi connectivity index (χ4v) is 2.11. The van der Waals surface area contributed by atoms with Gasteiger partial charge in [-0.1, -0.05) is 40.8 Å². The number of benzene rings is 2. The maximum absolute atomic E-state index is 11.4. The highest BCUT2D eigenvalue weighted by molar-refractivity contribution is 7.83. The zero-order chi connectivity index (χ0) is 13.9. The van der Waals surface area contributed by atoms with Gasteiger partial charge in [0.1, 0.15) is 0 Å². The molecule has 0 unspecified atom stereocenters. The van der Waals surface area contributed by atoms with Crippen LogP contribution in [-0.4, -0.2) is 24.4 Å². The summed E-state index contributed by atoms with van der Waals surface area (Å²) in [6.45, 7) is 0. The Morgan fingerprint density at radius 3 is 1.53 bits per heavy atom. The van der Waals surface area contributed by atoms with Gasteiger partial charge < -0.3 is 0 Å². The molecule has 19 heavy (non-hydrogen) atoms. The van der Waals surface area contributed by atoms with Gasteiger partial charge in [-0.3, -0.25) is 9.56 Å². The molecule has 0 fully saturated rings. The number of rotatable bonds is 4. The minimum Gasteiger partial charge on any atom is -0.272 e. The fraction of sp³-hybridized carbons (Fsp3) is 0.0769. The lowest BCUT2D eigenvalue weighted by Gasteiger charge is -2.30. The number of para-hydroxylation sites is 2. The van der Waals surface area contributed by atoms with Crippen molar-refractivity contribution in [1.82, 2.24) is 4.41 Å². The van der Waals surface area contributed by atoms with Crippen molar-refractivity contribution in [2.24, 2.45) is 0 Å². The van der Waals surface area contributed by atoms with E-state index in [1.807, 2.05) is 12.1 Å². The molecular formula is C13H14N2O3S. The van der Waals surface area contributed by atoms with E-state index in [4.69, 9.17) is 0 Å². The van der Waals surface area contributed by atoms with Crippen LogP contribution in [0, 0.1) is 0 Å². The van der Waals surface area contributed by atoms with Crippen LogP contribution in [0.5, 0.6) is 0 Å². The Morgan fingerprint density at radius 2 is 1.21 bits per heavy atom. The molecule has 0 saturated heterocycles. The van der Waals surface area contributed by atoms with Crippen LogP contribution in [0.25, 0.3) is 0 Å². The number of hydrogen-bond donors (Lipinski definition) is 1. The van der Waals surface area contributed by atoms with Crippen LogP contribution in [0.4, 0.5) is 11.4 Å². The molecule has 2 aromatic carbocycles. The fourth-order valence-electron chi connectivity index (χ4n) is 1.72. The summed E-state index contributed by atoms with van der Waals surface area (Å²) < 4.78 is 32.7. The molecule has 0 aromatic heterocycles. The molecule has 100 valence electrons. The standard InChI is InChI=1S/C13H14N2O3S/c1-14(19(16,17)18)15(12-8-4-2-5-9-12)13-10-6-3-7-11-13/h2-11H,1H3,(H,16,17,18). The first kappa shape index (κ1) is 13.5. The molecule has 0 aliphatic carbocycles. The van der Waals surface area contributed by atoms with E-state index >= 15 is 0 Å². The third kappa shape index (κ3) is 3.11. The predicted molar refractivity (Wildman–Crippen MR) is 74.3 cm³/mol. The first-order valence-corrected chi connectivity index (χ1v) is 7.01. The van der Waals surface area contributed by atoms with Crippen LogP contribution in [-0.2, 0) is 10.3 Å². The van der Waals surface area contributed by atoms with Crippen molar-refractivity contribution in [3.05, 3.63) is 60.7 Å². The maximum Gasteiger partial charge on any atom is 0.353 e. The van der Waals surface area contributed by atoms with Crippen LogP contribution in [0.3, 0.4) is 0 Å². The second kappa shape index (κ2) is 5.40. The third-order valence-corrected chi connectivity index (χ3v) is 3.45. The Bertz CT molecular complexity index is 590. The number of hydrogen-bond acceptors (Lipinski definition) is 3. The lowest BCUT2D eigenvalue weighted by molar-refractivity contribution is 0.390. The van der Waals surface area contributed by atoms with Gasteiger partial charge in [-0.15, -0.1) is 0 Å². The Labute approximate surface area is 112 Å². The minimum absolute atomic E-state index is 0.633. The van der Waals surface area contributed by atoms with Crippen molar-refractivity contribution >= 4 is 21.7 Å². The van der Waals surface area contributed by atoms with E-state index in [0.29, 0.717) is 11.4 Å². The van der Waals surface area contributed by atoms with E-state index < -0.39 is 10.3 Å². The maximum atomic E-state index is 11.4. The van der Waals surface area contributed by atoms with Gasteiger partial charge in [0.15, 0.2) is 0 Å². The van der Waals surface area contributed by atoms with Gasteiger partial charge in [-0.25, -0.2) is 0 Å². The average molecular weight is 278 g/mol. The summed E-state index contributed by atoms with van der Waals surface area (Å²) in [5.74, 6) is 0. The SMILES string of the molecule is CN(N(c1ccccc1)c1ccccc1)S(=O)(=O)O. The van der Waals surface area contributed by atoms with E-state index in [1.54, 1.807) is 48.5 Å². The molecule has 0 aliphatic heterocycles. The van der Waals surface area contributed by atoms with Gasteiger partial charge in [0.2, 0.25) is 0 Å². The van der Waals surface area contributed by atoms with Crippen molar-refractivity contribution in [2.75, 3.05) is 12.1 Å². The molecule has 0 bridgehead atoms. The average Bonchev–Trinajstić information content (AvgIpc) is 2.40. The van der Waals surface area contributed by atoms with E-state index in [0.717, 1.165) is 4.41 Å². The highest BCUT2D eigenvalue weighted by atomic mass is 32.2. The molecule has 0 spiro atoms. The summed E-state index contributed by atoms with van der Waals surface area (Å²) in [4.78, 5) is 0.